The number of hydrogen-bond acceptors (Lipinski definition) is 8. The number of allylic oxidation sites excluding steroid dienone is 1. The second kappa shape index (κ2) is 11.2. The summed E-state index contributed by atoms with van der Waals surface area (Å²) in [5.41, 5.74) is 2.97. The number of thioether (sulfide) groups is 1. The van der Waals surface area contributed by atoms with Crippen LogP contribution in [0.15, 0.2) is 52.5 Å². The fourth-order valence-electron chi connectivity index (χ4n) is 3.73. The lowest BCUT2D eigenvalue weighted by Gasteiger charge is -2.27. The zero-order valence-corrected chi connectivity index (χ0v) is 21.6. The summed E-state index contributed by atoms with van der Waals surface area (Å²) in [6.07, 6.45) is 1.39. The van der Waals surface area contributed by atoms with Gasteiger partial charge in [0.05, 0.1) is 24.7 Å². The molecule has 0 unspecified atom stereocenters. The molecule has 186 valence electrons. The number of benzene rings is 1. The summed E-state index contributed by atoms with van der Waals surface area (Å²) in [7, 11) is 0. The van der Waals surface area contributed by atoms with Crippen LogP contribution < -0.4 is 10.6 Å². The third kappa shape index (κ3) is 7.81. The van der Waals surface area contributed by atoms with Crippen LogP contribution in [0, 0.1) is 0 Å². The highest BCUT2D eigenvalue weighted by atomic mass is 32.2. The minimum atomic E-state index is -0.564. The molecule has 4 rings (SSSR count). The Morgan fingerprint density at radius 3 is 2.71 bits per heavy atom. The van der Waals surface area contributed by atoms with Gasteiger partial charge < -0.3 is 14.8 Å². The second-order valence-corrected chi connectivity index (χ2v) is 10.8. The quantitative estimate of drug-likeness (QED) is 0.578. The van der Waals surface area contributed by atoms with E-state index in [1.54, 1.807) is 11.8 Å². The van der Waals surface area contributed by atoms with Gasteiger partial charge in [0.2, 0.25) is 0 Å². The van der Waals surface area contributed by atoms with E-state index in [0.717, 1.165) is 67.1 Å². The van der Waals surface area contributed by atoms with Crippen molar-refractivity contribution in [3.05, 3.63) is 53.1 Å². The van der Waals surface area contributed by atoms with Crippen molar-refractivity contribution in [2.24, 2.45) is 4.99 Å². The summed E-state index contributed by atoms with van der Waals surface area (Å²) in [5, 5.41) is 6.22. The number of aliphatic imine (C=N–C) groups is 1. The van der Waals surface area contributed by atoms with Gasteiger partial charge in [0, 0.05) is 42.0 Å². The van der Waals surface area contributed by atoms with E-state index in [1.165, 1.54) is 4.91 Å². The van der Waals surface area contributed by atoms with Crippen LogP contribution in [0.5, 0.6) is 0 Å². The zero-order chi connectivity index (χ0) is 24.8. The first kappa shape index (κ1) is 25.2. The number of ether oxygens (including phenoxy) is 2. The van der Waals surface area contributed by atoms with E-state index in [9.17, 15) is 4.79 Å². The van der Waals surface area contributed by atoms with Gasteiger partial charge in [-0.05, 0) is 57.5 Å². The SMILES string of the molecule is CC1=CN=C(Nc2cc(CN3CCOCC3)cc(-c3cccc(NC(=O)OC(C)(C)C)c3)n2)CS1. The van der Waals surface area contributed by atoms with Crippen LogP contribution in [0.1, 0.15) is 33.3 Å². The molecule has 0 bridgehead atoms. The number of rotatable bonds is 5. The van der Waals surface area contributed by atoms with E-state index in [2.05, 4.69) is 39.6 Å². The van der Waals surface area contributed by atoms with Gasteiger partial charge in [-0.15, -0.1) is 11.8 Å². The van der Waals surface area contributed by atoms with Crippen LogP contribution in [0.4, 0.5) is 16.3 Å². The monoisotopic (exact) mass is 495 g/mol. The molecular weight excluding hydrogens is 462 g/mol. The van der Waals surface area contributed by atoms with Crippen LogP contribution in [0.25, 0.3) is 11.3 Å². The molecule has 1 amide bonds. The molecule has 1 saturated heterocycles. The van der Waals surface area contributed by atoms with Crippen molar-refractivity contribution in [3.63, 3.8) is 0 Å². The molecule has 3 heterocycles. The van der Waals surface area contributed by atoms with Gasteiger partial charge in [-0.1, -0.05) is 12.1 Å². The lowest BCUT2D eigenvalue weighted by Crippen LogP contribution is -2.35. The molecule has 2 N–H and O–H groups in total. The first-order valence-corrected chi connectivity index (χ1v) is 12.8. The predicted octanol–water partition coefficient (Wildman–Crippen LogP) is 5.35. The molecular formula is C26H33N5O3S. The summed E-state index contributed by atoms with van der Waals surface area (Å²) in [5.74, 6) is 2.41. The van der Waals surface area contributed by atoms with Crippen LogP contribution in [-0.4, -0.2) is 59.5 Å². The topological polar surface area (TPSA) is 88.1 Å². The van der Waals surface area contributed by atoms with Crippen LogP contribution in [0.2, 0.25) is 0 Å². The Morgan fingerprint density at radius 1 is 1.20 bits per heavy atom. The minimum Gasteiger partial charge on any atom is -0.444 e. The molecule has 1 fully saturated rings. The normalized spacial score (nSPS) is 16.8. The lowest BCUT2D eigenvalue weighted by atomic mass is 10.1. The fourth-order valence-corrected chi connectivity index (χ4v) is 4.37. The molecule has 35 heavy (non-hydrogen) atoms. The van der Waals surface area contributed by atoms with Crippen molar-refractivity contribution in [1.29, 1.82) is 0 Å². The maximum absolute atomic E-state index is 12.3. The molecule has 0 atom stereocenters. The molecule has 2 aliphatic heterocycles. The largest absolute Gasteiger partial charge is 0.444 e. The third-order valence-electron chi connectivity index (χ3n) is 5.31. The Hall–Kier alpha value is -2.88. The first-order chi connectivity index (χ1) is 16.7. The van der Waals surface area contributed by atoms with Gasteiger partial charge in [0.15, 0.2) is 0 Å². The highest BCUT2D eigenvalue weighted by molar-refractivity contribution is 8.03. The molecule has 9 heteroatoms. The van der Waals surface area contributed by atoms with E-state index >= 15 is 0 Å². The maximum Gasteiger partial charge on any atom is 0.412 e. The Labute approximate surface area is 211 Å². The maximum atomic E-state index is 12.3. The summed E-state index contributed by atoms with van der Waals surface area (Å²) in [6, 6.07) is 11.8. The molecule has 1 aromatic carbocycles. The standard InChI is InChI=1S/C26H33N5O3S/c1-18-15-27-24(17-35-18)30-23-13-19(16-31-8-10-33-11-9-31)12-22(29-23)20-6-5-7-21(14-20)28-25(32)34-26(2,3)4/h5-7,12-15H,8-11,16-17H2,1-4H3,(H,28,32)(H,27,29,30). The fraction of sp³-hybridized carbons (Fsp3) is 0.423. The van der Waals surface area contributed by atoms with Crippen molar-refractivity contribution >= 4 is 35.2 Å². The van der Waals surface area contributed by atoms with E-state index in [4.69, 9.17) is 14.5 Å². The average molecular weight is 496 g/mol. The van der Waals surface area contributed by atoms with E-state index in [-0.39, 0.29) is 0 Å². The number of anilines is 2. The highest BCUT2D eigenvalue weighted by Crippen LogP contribution is 2.26. The number of aromatic nitrogens is 1. The van der Waals surface area contributed by atoms with Gasteiger partial charge in [-0.25, -0.2) is 14.8 Å². The molecule has 0 aliphatic carbocycles. The second-order valence-electron chi connectivity index (χ2n) is 9.57. The summed E-state index contributed by atoms with van der Waals surface area (Å²) < 4.78 is 10.9. The van der Waals surface area contributed by atoms with Crippen LogP contribution in [0.3, 0.4) is 0 Å². The number of amidine groups is 1. The molecule has 2 aromatic rings. The highest BCUT2D eigenvalue weighted by Gasteiger charge is 2.17. The van der Waals surface area contributed by atoms with Crippen molar-refractivity contribution in [2.45, 2.75) is 39.8 Å². The average Bonchev–Trinajstić information content (AvgIpc) is 2.80. The van der Waals surface area contributed by atoms with Crippen LogP contribution >= 0.6 is 11.8 Å². The summed E-state index contributed by atoms with van der Waals surface area (Å²) in [4.78, 5) is 25.2. The molecule has 8 nitrogen and oxygen atoms in total. The van der Waals surface area contributed by atoms with Gasteiger partial charge in [0.1, 0.15) is 17.3 Å². The number of nitrogens with one attached hydrogen (secondary N) is 2. The molecule has 1 aromatic heterocycles. The van der Waals surface area contributed by atoms with Crippen molar-refractivity contribution in [2.75, 3.05) is 42.7 Å². The van der Waals surface area contributed by atoms with E-state index < -0.39 is 11.7 Å². The number of amides is 1. The number of hydrogen-bond donors (Lipinski definition) is 2. The Kier molecular flexibility index (Phi) is 8.10. The summed E-state index contributed by atoms with van der Waals surface area (Å²) >= 11 is 1.76. The van der Waals surface area contributed by atoms with Gasteiger partial charge >= 0.3 is 6.09 Å². The van der Waals surface area contributed by atoms with Crippen molar-refractivity contribution in [3.8, 4) is 11.3 Å². The molecule has 2 aliphatic rings. The Morgan fingerprint density at radius 2 is 2.00 bits per heavy atom. The Bertz CT molecular complexity index is 1120. The molecule has 0 saturated carbocycles. The number of carbonyl (C=O) groups is 1. The van der Waals surface area contributed by atoms with Gasteiger partial charge in [-0.3, -0.25) is 10.2 Å². The predicted molar refractivity (Wildman–Crippen MR) is 143 cm³/mol. The van der Waals surface area contributed by atoms with Gasteiger partial charge in [-0.2, -0.15) is 0 Å². The number of carbonyl (C=O) groups excluding carboxylic acids is 1. The molecule has 0 spiro atoms. The lowest BCUT2D eigenvalue weighted by molar-refractivity contribution is 0.0342. The Balaban J connectivity index is 1.60. The minimum absolute atomic E-state index is 0.484. The smallest absolute Gasteiger partial charge is 0.412 e. The van der Waals surface area contributed by atoms with Crippen molar-refractivity contribution in [1.82, 2.24) is 9.88 Å². The number of pyridine rings is 1. The zero-order valence-electron chi connectivity index (χ0n) is 20.8. The number of morpholine rings is 1. The first-order valence-electron chi connectivity index (χ1n) is 11.8. The molecule has 0 radical (unpaired) electrons. The van der Waals surface area contributed by atoms with Gasteiger partial charge in [0.25, 0.3) is 0 Å². The van der Waals surface area contributed by atoms with Crippen molar-refractivity contribution < 1.29 is 14.3 Å². The summed E-state index contributed by atoms with van der Waals surface area (Å²) in [6.45, 7) is 11.7. The third-order valence-corrected chi connectivity index (χ3v) is 6.29. The van der Waals surface area contributed by atoms with E-state index in [0.29, 0.717) is 5.69 Å². The number of nitrogens with zero attached hydrogens (tertiary/aromatic N) is 3. The van der Waals surface area contributed by atoms with Crippen LogP contribution in [-0.2, 0) is 16.0 Å². The van der Waals surface area contributed by atoms with E-state index in [1.807, 2.05) is 51.2 Å².